The van der Waals surface area contributed by atoms with E-state index in [0.29, 0.717) is 35.3 Å². The summed E-state index contributed by atoms with van der Waals surface area (Å²) in [5.41, 5.74) is 1.16. The predicted octanol–water partition coefficient (Wildman–Crippen LogP) is 3.45. The first-order valence-electron chi connectivity index (χ1n) is 8.60. The number of carbonyl (C=O) groups excluding carboxylic acids is 1. The molecule has 1 amide bonds. The first-order chi connectivity index (χ1) is 12.6. The van der Waals surface area contributed by atoms with Crippen molar-refractivity contribution in [1.82, 2.24) is 4.90 Å². The number of nitrogens with zero attached hydrogens (tertiary/aromatic N) is 1. The van der Waals surface area contributed by atoms with Crippen molar-refractivity contribution in [1.29, 1.82) is 0 Å². The van der Waals surface area contributed by atoms with Crippen molar-refractivity contribution >= 4 is 11.6 Å². The van der Waals surface area contributed by atoms with Crippen LogP contribution in [0.25, 0.3) is 0 Å². The topological polar surface area (TPSA) is 50.8 Å². The number of ether oxygens (including phenoxy) is 2. The van der Waals surface area contributed by atoms with Gasteiger partial charge >= 0.3 is 0 Å². The molecule has 0 bridgehead atoms. The van der Waals surface area contributed by atoms with Gasteiger partial charge in [-0.25, -0.2) is 4.39 Å². The second kappa shape index (κ2) is 8.19. The van der Waals surface area contributed by atoms with E-state index < -0.39 is 0 Å². The number of methoxy groups -OCH3 is 2. The molecule has 2 aromatic rings. The fourth-order valence-electron chi connectivity index (χ4n) is 2.89. The molecule has 0 radical (unpaired) electrons. The van der Waals surface area contributed by atoms with Gasteiger partial charge in [0, 0.05) is 24.2 Å². The molecule has 0 saturated heterocycles. The van der Waals surface area contributed by atoms with Gasteiger partial charge in [-0.05, 0) is 31.0 Å². The zero-order chi connectivity index (χ0) is 18.5. The van der Waals surface area contributed by atoms with Crippen LogP contribution in [0.1, 0.15) is 18.4 Å². The van der Waals surface area contributed by atoms with E-state index in [9.17, 15) is 9.18 Å². The molecule has 1 aliphatic rings. The van der Waals surface area contributed by atoms with Crippen LogP contribution in [-0.4, -0.2) is 37.6 Å². The van der Waals surface area contributed by atoms with Crippen molar-refractivity contribution in [3.8, 4) is 11.5 Å². The zero-order valence-corrected chi connectivity index (χ0v) is 15.0. The molecule has 1 aliphatic carbocycles. The molecule has 0 unspecified atom stereocenters. The molecule has 0 spiro atoms. The van der Waals surface area contributed by atoms with Crippen molar-refractivity contribution < 1.29 is 18.7 Å². The largest absolute Gasteiger partial charge is 0.497 e. The molecule has 0 atom stereocenters. The Bertz CT molecular complexity index is 777. The van der Waals surface area contributed by atoms with Gasteiger partial charge in [-0.2, -0.15) is 0 Å². The van der Waals surface area contributed by atoms with Gasteiger partial charge in [0.1, 0.15) is 17.3 Å². The number of nitrogens with one attached hydrogen (secondary N) is 1. The third kappa shape index (κ3) is 4.52. The Hall–Kier alpha value is -2.60. The van der Waals surface area contributed by atoms with Crippen LogP contribution in [0.2, 0.25) is 0 Å². The predicted molar refractivity (Wildman–Crippen MR) is 98.0 cm³/mol. The molecule has 0 aromatic heterocycles. The number of carbonyl (C=O) groups is 1. The Balaban J connectivity index is 1.68. The molecule has 0 heterocycles. The highest BCUT2D eigenvalue weighted by Gasteiger charge is 2.31. The highest BCUT2D eigenvalue weighted by atomic mass is 19.1. The molecule has 5 nitrogen and oxygen atoms in total. The minimum atomic E-state index is -0.243. The van der Waals surface area contributed by atoms with Gasteiger partial charge in [0.15, 0.2) is 0 Å². The van der Waals surface area contributed by atoms with Crippen molar-refractivity contribution in [2.24, 2.45) is 0 Å². The van der Waals surface area contributed by atoms with Gasteiger partial charge in [-0.1, -0.05) is 18.2 Å². The van der Waals surface area contributed by atoms with Crippen LogP contribution in [0, 0.1) is 5.82 Å². The van der Waals surface area contributed by atoms with E-state index in [0.717, 1.165) is 12.8 Å². The standard InChI is InChI=1S/C20H23FN2O3/c1-25-16-9-10-19(26-2)18(11-16)22-20(24)13-23(15-7-8-15)12-14-5-3-4-6-17(14)21/h3-6,9-11,15H,7-8,12-13H2,1-2H3,(H,22,24). The summed E-state index contributed by atoms with van der Waals surface area (Å²) >= 11 is 0. The number of rotatable bonds is 8. The molecule has 0 aliphatic heterocycles. The molecule has 2 aromatic carbocycles. The average Bonchev–Trinajstić information content (AvgIpc) is 3.48. The molecule has 6 heteroatoms. The summed E-state index contributed by atoms with van der Waals surface area (Å²) < 4.78 is 24.4. The number of benzene rings is 2. The molecule has 1 N–H and O–H groups in total. The molecule has 1 saturated carbocycles. The first-order valence-corrected chi connectivity index (χ1v) is 8.60. The van der Waals surface area contributed by atoms with Crippen molar-refractivity contribution in [3.63, 3.8) is 0 Å². The molecule has 1 fully saturated rings. The highest BCUT2D eigenvalue weighted by Crippen LogP contribution is 2.30. The van der Waals surface area contributed by atoms with Crippen LogP contribution < -0.4 is 14.8 Å². The Morgan fingerprint density at radius 2 is 1.96 bits per heavy atom. The second-order valence-corrected chi connectivity index (χ2v) is 6.34. The number of anilines is 1. The van der Waals surface area contributed by atoms with E-state index in [1.807, 2.05) is 11.0 Å². The van der Waals surface area contributed by atoms with E-state index in [1.54, 1.807) is 44.6 Å². The van der Waals surface area contributed by atoms with E-state index in [-0.39, 0.29) is 18.3 Å². The van der Waals surface area contributed by atoms with Gasteiger partial charge in [0.2, 0.25) is 5.91 Å². The van der Waals surface area contributed by atoms with Gasteiger partial charge in [-0.15, -0.1) is 0 Å². The Morgan fingerprint density at radius 3 is 2.62 bits per heavy atom. The van der Waals surface area contributed by atoms with Gasteiger partial charge in [-0.3, -0.25) is 9.69 Å². The second-order valence-electron chi connectivity index (χ2n) is 6.34. The smallest absolute Gasteiger partial charge is 0.238 e. The summed E-state index contributed by atoms with van der Waals surface area (Å²) in [6.07, 6.45) is 2.06. The Labute approximate surface area is 152 Å². The zero-order valence-electron chi connectivity index (χ0n) is 15.0. The van der Waals surface area contributed by atoms with Crippen LogP contribution in [0.5, 0.6) is 11.5 Å². The van der Waals surface area contributed by atoms with Crippen LogP contribution >= 0.6 is 0 Å². The minimum absolute atomic E-state index is 0.167. The lowest BCUT2D eigenvalue weighted by molar-refractivity contribution is -0.117. The lowest BCUT2D eigenvalue weighted by atomic mass is 10.2. The monoisotopic (exact) mass is 358 g/mol. The van der Waals surface area contributed by atoms with E-state index in [2.05, 4.69) is 5.32 Å². The maximum atomic E-state index is 13.9. The van der Waals surface area contributed by atoms with E-state index >= 15 is 0 Å². The highest BCUT2D eigenvalue weighted by molar-refractivity contribution is 5.94. The fourth-order valence-corrected chi connectivity index (χ4v) is 2.89. The fraction of sp³-hybridized carbons (Fsp3) is 0.350. The summed E-state index contributed by atoms with van der Waals surface area (Å²) in [5.74, 6) is 0.783. The van der Waals surface area contributed by atoms with Gasteiger partial charge < -0.3 is 14.8 Å². The number of halogens is 1. The minimum Gasteiger partial charge on any atom is -0.497 e. The third-order valence-electron chi connectivity index (χ3n) is 4.42. The van der Waals surface area contributed by atoms with Gasteiger partial charge in [0.05, 0.1) is 26.5 Å². The Kier molecular flexibility index (Phi) is 5.73. The summed E-state index contributed by atoms with van der Waals surface area (Å²) in [6.45, 7) is 0.610. The summed E-state index contributed by atoms with van der Waals surface area (Å²) in [6, 6.07) is 12.2. The van der Waals surface area contributed by atoms with Crippen molar-refractivity contribution in [2.75, 3.05) is 26.1 Å². The average molecular weight is 358 g/mol. The summed E-state index contributed by atoms with van der Waals surface area (Å²) in [4.78, 5) is 14.6. The van der Waals surface area contributed by atoms with Crippen molar-refractivity contribution in [2.45, 2.75) is 25.4 Å². The SMILES string of the molecule is COc1ccc(OC)c(NC(=O)CN(Cc2ccccc2F)C2CC2)c1. The van der Waals surface area contributed by atoms with E-state index in [1.165, 1.54) is 6.07 Å². The van der Waals surface area contributed by atoms with Crippen LogP contribution in [0.15, 0.2) is 42.5 Å². The maximum absolute atomic E-state index is 13.9. The van der Waals surface area contributed by atoms with Gasteiger partial charge in [0.25, 0.3) is 0 Å². The number of hydrogen-bond donors (Lipinski definition) is 1. The van der Waals surface area contributed by atoms with Crippen LogP contribution in [0.3, 0.4) is 0 Å². The molecule has 138 valence electrons. The summed E-state index contributed by atoms with van der Waals surface area (Å²) in [7, 11) is 3.11. The maximum Gasteiger partial charge on any atom is 0.238 e. The first kappa shape index (κ1) is 18.2. The lowest BCUT2D eigenvalue weighted by Crippen LogP contribution is -2.34. The quantitative estimate of drug-likeness (QED) is 0.785. The lowest BCUT2D eigenvalue weighted by Gasteiger charge is -2.22. The van der Waals surface area contributed by atoms with Crippen LogP contribution in [0.4, 0.5) is 10.1 Å². The molecular formula is C20H23FN2O3. The Morgan fingerprint density at radius 1 is 1.19 bits per heavy atom. The van der Waals surface area contributed by atoms with E-state index in [4.69, 9.17) is 9.47 Å². The summed E-state index contributed by atoms with van der Waals surface area (Å²) in [5, 5.41) is 2.87. The molecule has 3 rings (SSSR count). The molecule has 26 heavy (non-hydrogen) atoms. The van der Waals surface area contributed by atoms with Crippen molar-refractivity contribution in [3.05, 3.63) is 53.8 Å². The molecular weight excluding hydrogens is 335 g/mol. The third-order valence-corrected chi connectivity index (χ3v) is 4.42. The van der Waals surface area contributed by atoms with Crippen LogP contribution in [-0.2, 0) is 11.3 Å². The normalized spacial score (nSPS) is 13.5. The number of amides is 1. The number of hydrogen-bond acceptors (Lipinski definition) is 4.